The highest BCUT2D eigenvalue weighted by Gasteiger charge is 2.17. The van der Waals surface area contributed by atoms with Crippen LogP contribution in [0.5, 0.6) is 23.0 Å². The number of amides is 5. The number of alkyl halides is 1. The number of halogens is 6. The Morgan fingerprint density at radius 2 is 0.828 bits per heavy atom. The van der Waals surface area contributed by atoms with Crippen molar-refractivity contribution in [2.75, 3.05) is 86.3 Å². The molecule has 4 aromatic rings. The van der Waals surface area contributed by atoms with E-state index in [1.807, 2.05) is 0 Å². The van der Waals surface area contributed by atoms with Crippen LogP contribution in [0.1, 0.15) is 69.2 Å². The Morgan fingerprint density at radius 1 is 0.517 bits per heavy atom. The molecule has 0 aliphatic rings. The maximum atomic E-state index is 12.9. The molecule has 0 aromatic heterocycles. The third-order valence-corrected chi connectivity index (χ3v) is 9.58. The van der Waals surface area contributed by atoms with Crippen LogP contribution in [-0.2, 0) is 28.4 Å². The first-order valence-corrected chi connectivity index (χ1v) is 27.6. The molecule has 29 heteroatoms. The van der Waals surface area contributed by atoms with Crippen molar-refractivity contribution in [3.8, 4) is 23.0 Å². The van der Waals surface area contributed by atoms with Gasteiger partial charge in [-0.15, -0.1) is 12.4 Å². The van der Waals surface area contributed by atoms with Crippen LogP contribution >= 0.6 is 39.9 Å². The molecule has 4 aromatic carbocycles. The maximum absolute atomic E-state index is 12.9. The number of nitrogens with two attached hydrogens (primary N) is 2. The number of benzene rings is 4. The van der Waals surface area contributed by atoms with E-state index in [2.05, 4.69) is 52.0 Å². The number of carbonyl (C=O) groups is 6. The lowest BCUT2D eigenvalue weighted by atomic mass is 10.2. The zero-order valence-electron chi connectivity index (χ0n) is 50.1. The van der Waals surface area contributed by atoms with Crippen molar-refractivity contribution in [2.45, 2.75) is 80.4 Å². The molecule has 11 N–H and O–H groups in total. The number of hydrogen-bond acceptors (Lipinski definition) is 18. The quantitative estimate of drug-likeness (QED) is 0.0138. The summed E-state index contributed by atoms with van der Waals surface area (Å²) in [5.41, 5.74) is 12.2. The van der Waals surface area contributed by atoms with Crippen molar-refractivity contribution in [3.05, 3.63) is 133 Å². The van der Waals surface area contributed by atoms with Gasteiger partial charge in [-0.3, -0.25) is 16.0 Å². The smallest absolute Gasteiger partial charge is 0.411 e. The number of phenols is 2. The van der Waals surface area contributed by atoms with E-state index in [0.717, 1.165) is 0 Å². The van der Waals surface area contributed by atoms with E-state index in [1.54, 1.807) is 154 Å². The zero-order valence-corrected chi connectivity index (χ0v) is 53.3. The Kier molecular flexibility index (Phi) is 46.6. The third-order valence-electron chi connectivity index (χ3n) is 8.75. The average Bonchev–Trinajstić information content (AvgIpc) is 3.67. The summed E-state index contributed by atoms with van der Waals surface area (Å²) >= 11 is 7.80. The maximum Gasteiger partial charge on any atom is 0.411 e. The number of alkyl carbamates (subject to hydrolysis) is 2. The average molecular weight is 1340 g/mol. The van der Waals surface area contributed by atoms with Gasteiger partial charge < -0.3 is 70.2 Å². The van der Waals surface area contributed by atoms with E-state index in [1.165, 1.54) is 12.1 Å². The molecule has 0 atom stereocenters. The topological polar surface area (TPSA) is 329 Å². The van der Waals surface area contributed by atoms with Gasteiger partial charge >= 0.3 is 35.9 Å². The largest absolute Gasteiger partial charge is 0.508 e. The fourth-order valence-electron chi connectivity index (χ4n) is 4.98. The van der Waals surface area contributed by atoms with E-state index >= 15 is 0 Å². The van der Waals surface area contributed by atoms with Gasteiger partial charge in [0.15, 0.2) is 0 Å². The second-order valence-electron chi connectivity index (χ2n) is 18.3. The minimum absolute atomic E-state index is 0. The Labute approximate surface area is 525 Å². The Hall–Kier alpha value is -8.27. The molecule has 0 fully saturated rings. The molecule has 0 heterocycles. The van der Waals surface area contributed by atoms with E-state index in [0.29, 0.717) is 89.5 Å². The normalized spacial score (nSPS) is 10.6. The monoisotopic (exact) mass is 1340 g/mol. The van der Waals surface area contributed by atoms with E-state index in [9.17, 15) is 41.9 Å². The second kappa shape index (κ2) is 48.9. The highest BCUT2D eigenvalue weighted by Crippen LogP contribution is 2.19. The van der Waals surface area contributed by atoms with Gasteiger partial charge in [0.05, 0.1) is 45.4 Å². The second-order valence-corrected chi connectivity index (χ2v) is 19.2. The van der Waals surface area contributed by atoms with Crippen LogP contribution in [0.2, 0.25) is 0 Å². The molecule has 5 amide bonds. The van der Waals surface area contributed by atoms with Crippen molar-refractivity contribution in [1.82, 2.24) is 10.6 Å². The lowest BCUT2D eigenvalue weighted by molar-refractivity contribution is 0.0520. The fraction of sp³-hybridized carbons (Fsp3) is 0.379. The predicted molar refractivity (Wildman–Crippen MR) is 335 cm³/mol. The van der Waals surface area contributed by atoms with Crippen LogP contribution < -0.4 is 47.5 Å². The van der Waals surface area contributed by atoms with E-state index in [-0.39, 0.29) is 68.9 Å². The number of aromatic hydroxyl groups is 2. The molecule has 0 aliphatic heterocycles. The van der Waals surface area contributed by atoms with Crippen LogP contribution in [0.15, 0.2) is 133 Å². The van der Waals surface area contributed by atoms with Gasteiger partial charge in [0.25, 0.3) is 0 Å². The number of phenolic OH excluding ortho intramolecular Hbond substituents is 2. The molecule has 0 radical (unpaired) electrons. The van der Waals surface area contributed by atoms with Crippen molar-refractivity contribution in [1.29, 1.82) is 0 Å². The molecule has 23 nitrogen and oxygen atoms in total. The lowest BCUT2D eigenvalue weighted by Crippen LogP contribution is -2.34. The summed E-state index contributed by atoms with van der Waals surface area (Å²) in [6.07, 6.45) is -1.44. The fourth-order valence-corrected chi connectivity index (χ4v) is 5.41. The molecular weight excluding hydrogens is 1260 g/mol. The van der Waals surface area contributed by atoms with E-state index < -0.39 is 47.1 Å². The number of hydrogen-bond donors (Lipinski definition) is 9. The summed E-state index contributed by atoms with van der Waals surface area (Å²) in [6, 6.07) is 25.7. The molecule has 87 heavy (non-hydrogen) atoms. The first-order valence-electron chi connectivity index (χ1n) is 26.1. The number of nitrogens with one attached hydrogen (secondary N) is 5. The SMILES string of the molecule is CC(C)(C)OC(=O)NC/C(=C\F)CBr.CCOC(=O)Cl.CCOC(=O)Nc1ccc(O)cc1.CCOC(=O)Nc1ccc(OC/C(=C/F)CN)cc1.CCOC(=O)Nc1ccc(OC/C(=C/F)CNC(=O)OC(C)(C)C)cc1.Cl.Nc1ccc(O)cc1. The van der Waals surface area contributed by atoms with Gasteiger partial charge in [-0.1, -0.05) is 15.9 Å². The molecular formula is C58H81BrCl2F3N7O16. The van der Waals surface area contributed by atoms with Crippen molar-refractivity contribution >= 4 is 98.6 Å². The summed E-state index contributed by atoms with van der Waals surface area (Å²) in [6.45, 7) is 18.9. The Bertz CT molecular complexity index is 2650. The van der Waals surface area contributed by atoms with Crippen LogP contribution in [0, 0.1) is 0 Å². The molecule has 0 saturated carbocycles. The van der Waals surface area contributed by atoms with E-state index in [4.69, 9.17) is 61.7 Å². The molecule has 0 aliphatic carbocycles. The summed E-state index contributed by atoms with van der Waals surface area (Å²) in [4.78, 5) is 65.6. The van der Waals surface area contributed by atoms with Gasteiger partial charge in [-0.2, -0.15) is 0 Å². The summed E-state index contributed by atoms with van der Waals surface area (Å²) in [7, 11) is 0. The van der Waals surface area contributed by atoms with Gasteiger partial charge in [0, 0.05) is 70.5 Å². The van der Waals surface area contributed by atoms with Gasteiger partial charge in [0.1, 0.15) is 47.4 Å². The number of anilines is 4. The highest BCUT2D eigenvalue weighted by atomic mass is 79.9. The van der Waals surface area contributed by atoms with Crippen molar-refractivity contribution < 1.29 is 90.0 Å². The zero-order chi connectivity index (χ0) is 65.5. The molecule has 0 unspecified atom stereocenters. The minimum Gasteiger partial charge on any atom is -0.508 e. The molecule has 0 spiro atoms. The number of ether oxygens (including phenoxy) is 8. The summed E-state index contributed by atoms with van der Waals surface area (Å²) in [5.74, 6) is 1.45. The Morgan fingerprint density at radius 3 is 1.09 bits per heavy atom. The number of carbonyl (C=O) groups excluding carboxylic acids is 6. The van der Waals surface area contributed by atoms with Crippen molar-refractivity contribution in [3.63, 3.8) is 0 Å². The summed E-state index contributed by atoms with van der Waals surface area (Å²) < 4.78 is 76.4. The molecule has 4 rings (SSSR count). The first kappa shape index (κ1) is 82.9. The van der Waals surface area contributed by atoms with Crippen LogP contribution in [0.25, 0.3) is 0 Å². The molecule has 486 valence electrons. The van der Waals surface area contributed by atoms with Crippen LogP contribution in [0.3, 0.4) is 0 Å². The number of nitrogen functional groups attached to an aromatic ring is 1. The first-order chi connectivity index (χ1) is 40.6. The van der Waals surface area contributed by atoms with Gasteiger partial charge in [-0.05, 0) is 172 Å². The minimum atomic E-state index is -0.738. The lowest BCUT2D eigenvalue weighted by Gasteiger charge is -2.20. The van der Waals surface area contributed by atoms with Crippen molar-refractivity contribution in [2.24, 2.45) is 5.73 Å². The standard InChI is InChI=1S/C18H25FN2O5.C13H17FN2O3.C9H15BrFNO2.C9H11NO3.C6H7NO.C3H5ClO2.ClH/c1-5-24-17(23)21-14-6-8-15(9-7-14)25-12-13(10-19)11-20-16(22)26-18(2,3)4;1-2-18-13(17)16-11-3-5-12(6-4-11)19-9-10(7-14)8-15;1-9(2,3)14-8(13)12-6-7(4-10)5-11;1-2-13-9(12)10-7-3-5-8(11)6-4-7;7-5-1-3-6(8)4-2-5;1-2-6-3(4)5;/h6-10H,5,11-12H2,1-4H3,(H,20,22)(H,21,23);3-7H,2,8-9,15H2,1H3,(H,16,17);5H,4,6H2,1-3H3,(H,12,13);3-6,11H,2H2,1H3,(H,10,12);1-4,8H,7H2;2H2,1H3;1H/b13-10+;10-7+;7-5-;;;;. The third kappa shape index (κ3) is 48.6. The van der Waals surface area contributed by atoms with Gasteiger partial charge in [-0.25, -0.2) is 41.9 Å². The van der Waals surface area contributed by atoms with Crippen LogP contribution in [-0.4, -0.2) is 122 Å². The molecule has 0 bridgehead atoms. The molecule has 0 saturated heterocycles. The van der Waals surface area contributed by atoms with Gasteiger partial charge in [0.2, 0.25) is 0 Å². The Balaban J connectivity index is -0.00000103. The predicted octanol–water partition coefficient (Wildman–Crippen LogP) is 14.0. The highest BCUT2D eigenvalue weighted by molar-refractivity contribution is 9.09. The number of rotatable bonds is 19. The van der Waals surface area contributed by atoms with Crippen LogP contribution in [0.4, 0.5) is 64.7 Å². The summed E-state index contributed by atoms with van der Waals surface area (Å²) in [5, 5.41) is 30.5.